The van der Waals surface area contributed by atoms with E-state index in [4.69, 9.17) is 4.74 Å². The fourth-order valence-corrected chi connectivity index (χ4v) is 4.18. The maximum absolute atomic E-state index is 11.3. The second-order valence-electron chi connectivity index (χ2n) is 7.46. The van der Waals surface area contributed by atoms with Crippen LogP contribution in [0, 0.1) is 5.92 Å². The van der Waals surface area contributed by atoms with Crippen molar-refractivity contribution in [2.45, 2.75) is 59.0 Å². The van der Waals surface area contributed by atoms with Gasteiger partial charge in [0, 0.05) is 25.8 Å². The first-order valence-corrected chi connectivity index (χ1v) is 12.4. The third-order valence-electron chi connectivity index (χ3n) is 5.13. The lowest BCUT2D eigenvalue weighted by atomic mass is 9.89. The summed E-state index contributed by atoms with van der Waals surface area (Å²) < 4.78 is 5.36. The van der Waals surface area contributed by atoms with Crippen molar-refractivity contribution in [1.82, 2.24) is 4.90 Å². The normalized spacial score (nSPS) is 13.3. The second-order valence-corrected chi connectivity index (χ2v) is 8.17. The highest BCUT2D eigenvalue weighted by molar-refractivity contribution is 8.01. The maximum atomic E-state index is 11.3. The Labute approximate surface area is 194 Å². The van der Waals surface area contributed by atoms with E-state index in [1.54, 1.807) is 18.9 Å². The Hall–Kier alpha value is -1.63. The third-order valence-corrected chi connectivity index (χ3v) is 5.64. The maximum Gasteiger partial charge on any atom is 0.303 e. The zero-order valence-corrected chi connectivity index (χ0v) is 21.1. The molecule has 0 saturated heterocycles. The molecule has 0 heterocycles. The smallest absolute Gasteiger partial charge is 0.303 e. The van der Waals surface area contributed by atoms with Crippen molar-refractivity contribution >= 4 is 24.4 Å². The first-order chi connectivity index (χ1) is 14.9. The van der Waals surface area contributed by atoms with Crippen molar-refractivity contribution in [2.75, 3.05) is 33.5 Å². The Bertz CT molecular complexity index is 664. The van der Waals surface area contributed by atoms with Crippen LogP contribution in [0.1, 0.15) is 63.5 Å². The molecule has 6 heteroatoms. The van der Waals surface area contributed by atoms with Crippen LogP contribution in [0.2, 0.25) is 0 Å². The molecule has 0 aliphatic heterocycles. The molecule has 2 atom stereocenters. The number of carboxylic acid groups (broad SMARTS) is 1. The highest BCUT2D eigenvalue weighted by atomic mass is 32.2. The van der Waals surface area contributed by atoms with Gasteiger partial charge in [-0.1, -0.05) is 45.0 Å². The zero-order valence-electron chi connectivity index (χ0n) is 20.3. The minimum Gasteiger partial charge on any atom is -0.481 e. The van der Waals surface area contributed by atoms with Crippen LogP contribution in [0.4, 0.5) is 0 Å². The minimum atomic E-state index is -0.768. The summed E-state index contributed by atoms with van der Waals surface area (Å²) in [4.78, 5) is 17.6. The fraction of sp³-hybridized carbons (Fsp3) is 0.600. The van der Waals surface area contributed by atoms with Crippen molar-refractivity contribution in [1.29, 1.82) is 0 Å². The Morgan fingerprint density at radius 2 is 2.00 bits per heavy atom. The van der Waals surface area contributed by atoms with E-state index in [0.29, 0.717) is 18.9 Å². The molecule has 1 N–H and O–H groups in total. The average Bonchev–Trinajstić information content (AvgIpc) is 2.76. The molecule has 0 saturated carbocycles. The van der Waals surface area contributed by atoms with E-state index in [1.165, 1.54) is 11.1 Å². The summed E-state index contributed by atoms with van der Waals surface area (Å²) in [6.45, 7) is 12.1. The molecule has 0 radical (unpaired) electrons. The van der Waals surface area contributed by atoms with Gasteiger partial charge in [-0.25, -0.2) is 0 Å². The van der Waals surface area contributed by atoms with Gasteiger partial charge in [0.25, 0.3) is 0 Å². The molecule has 31 heavy (non-hydrogen) atoms. The summed E-state index contributed by atoms with van der Waals surface area (Å²) in [7, 11) is 3.80. The van der Waals surface area contributed by atoms with Crippen LogP contribution in [0.5, 0.6) is 0 Å². The Kier molecular flexibility index (Phi) is 17.0. The summed E-state index contributed by atoms with van der Waals surface area (Å²) >= 11 is 1.57. The molecule has 0 fully saturated rings. The van der Waals surface area contributed by atoms with E-state index >= 15 is 0 Å². The van der Waals surface area contributed by atoms with Gasteiger partial charge in [0.15, 0.2) is 0 Å². The molecule has 2 unspecified atom stereocenters. The lowest BCUT2D eigenvalue weighted by Gasteiger charge is -2.26. The number of nitrogens with zero attached hydrogens (tertiary/aromatic N) is 2. The average molecular weight is 451 g/mol. The van der Waals surface area contributed by atoms with Gasteiger partial charge >= 0.3 is 5.97 Å². The predicted molar refractivity (Wildman–Crippen MR) is 135 cm³/mol. The van der Waals surface area contributed by atoms with E-state index in [0.717, 1.165) is 31.6 Å². The Morgan fingerprint density at radius 1 is 1.32 bits per heavy atom. The predicted octanol–water partition coefficient (Wildman–Crippen LogP) is 6.06. The van der Waals surface area contributed by atoms with Crippen LogP contribution >= 0.6 is 11.8 Å². The van der Waals surface area contributed by atoms with Crippen molar-refractivity contribution in [3.05, 3.63) is 46.5 Å². The number of aliphatic carboxylic acids is 1. The van der Waals surface area contributed by atoms with Crippen molar-refractivity contribution < 1.29 is 14.6 Å². The summed E-state index contributed by atoms with van der Waals surface area (Å²) in [5.41, 5.74) is 3.46. The zero-order chi connectivity index (χ0) is 23.6. The van der Waals surface area contributed by atoms with E-state index in [-0.39, 0.29) is 12.3 Å². The van der Waals surface area contributed by atoms with Gasteiger partial charge in [-0.15, -0.1) is 11.8 Å². The number of methoxy groups -OCH3 is 1. The van der Waals surface area contributed by atoms with Gasteiger partial charge in [-0.2, -0.15) is 0 Å². The van der Waals surface area contributed by atoms with Gasteiger partial charge in [0.05, 0.1) is 6.61 Å². The molecule has 0 aliphatic carbocycles. The number of benzene rings is 1. The topological polar surface area (TPSA) is 62.1 Å². The van der Waals surface area contributed by atoms with E-state index in [1.807, 2.05) is 25.5 Å². The van der Waals surface area contributed by atoms with Crippen molar-refractivity contribution in [3.8, 4) is 0 Å². The molecule has 1 aromatic rings. The SMILES string of the molecule is C=N/C(=C\SC)CC(CC(=O)O)CN(C)CCC(CC)c1ccccc1COC.CC. The lowest BCUT2D eigenvalue weighted by Crippen LogP contribution is -2.29. The molecule has 0 bridgehead atoms. The van der Waals surface area contributed by atoms with Crippen molar-refractivity contribution in [2.24, 2.45) is 10.9 Å². The highest BCUT2D eigenvalue weighted by Crippen LogP contribution is 2.28. The highest BCUT2D eigenvalue weighted by Gasteiger charge is 2.19. The standard InChI is InChI=1S/C23H36N2O3S.C2H6/c1-6-19(22-10-8-7-9-20(22)16-28-4)11-12-25(3)15-18(14-23(26)27)13-21(24-2)17-29-5;1-2/h7-10,17-19H,2,6,11-16H2,1,3-5H3,(H,26,27);1-2H3/b21-17-;. The van der Waals surface area contributed by atoms with Crippen LogP contribution in [0.15, 0.2) is 40.4 Å². The third kappa shape index (κ3) is 12.1. The first-order valence-electron chi connectivity index (χ1n) is 11.1. The fourth-order valence-electron chi connectivity index (χ4n) is 3.74. The molecule has 0 aromatic heterocycles. The molecule has 1 aromatic carbocycles. The van der Waals surface area contributed by atoms with Gasteiger partial charge in [-0.3, -0.25) is 9.79 Å². The van der Waals surface area contributed by atoms with Crippen LogP contribution in [0.25, 0.3) is 0 Å². The number of thioether (sulfide) groups is 1. The van der Waals surface area contributed by atoms with Crippen LogP contribution in [-0.4, -0.2) is 56.2 Å². The molecular formula is C25H42N2O3S. The molecule has 1 rings (SSSR count). The summed E-state index contributed by atoms with van der Waals surface area (Å²) in [6.07, 6.45) is 4.83. The summed E-state index contributed by atoms with van der Waals surface area (Å²) in [5, 5.41) is 11.2. The molecule has 176 valence electrons. The van der Waals surface area contributed by atoms with Gasteiger partial charge in [0.1, 0.15) is 0 Å². The number of hydrogen-bond donors (Lipinski definition) is 1. The number of ether oxygens (including phenoxy) is 1. The Morgan fingerprint density at radius 3 is 2.55 bits per heavy atom. The van der Waals surface area contributed by atoms with E-state index in [2.05, 4.69) is 54.8 Å². The Balaban J connectivity index is 0.00000436. The number of hydrogen-bond acceptors (Lipinski definition) is 5. The number of allylic oxidation sites excluding steroid dienone is 1. The van der Waals surface area contributed by atoms with Gasteiger partial charge < -0.3 is 14.7 Å². The van der Waals surface area contributed by atoms with E-state index < -0.39 is 5.97 Å². The molecule has 0 aliphatic rings. The number of aliphatic imine (C=N–C) groups is 1. The van der Waals surface area contributed by atoms with Gasteiger partial charge in [-0.05, 0) is 74.2 Å². The van der Waals surface area contributed by atoms with Crippen molar-refractivity contribution in [3.63, 3.8) is 0 Å². The molecule has 5 nitrogen and oxygen atoms in total. The molecule has 0 amide bonds. The monoisotopic (exact) mass is 450 g/mol. The number of carboxylic acids is 1. The molecule has 0 spiro atoms. The van der Waals surface area contributed by atoms with Crippen LogP contribution in [0.3, 0.4) is 0 Å². The number of carbonyl (C=O) groups is 1. The summed E-state index contributed by atoms with van der Waals surface area (Å²) in [6, 6.07) is 8.48. The number of rotatable bonds is 15. The van der Waals surface area contributed by atoms with E-state index in [9.17, 15) is 9.90 Å². The summed E-state index contributed by atoms with van der Waals surface area (Å²) in [5.74, 6) is -0.290. The van der Waals surface area contributed by atoms with Crippen LogP contribution < -0.4 is 0 Å². The minimum absolute atomic E-state index is 0.0160. The van der Waals surface area contributed by atoms with Crippen LogP contribution in [-0.2, 0) is 16.1 Å². The quantitative estimate of drug-likeness (QED) is 0.329. The largest absolute Gasteiger partial charge is 0.481 e. The first kappa shape index (κ1) is 29.4. The van der Waals surface area contributed by atoms with Gasteiger partial charge in [0.2, 0.25) is 0 Å². The molecular weight excluding hydrogens is 408 g/mol. The second kappa shape index (κ2) is 18.0. The lowest BCUT2D eigenvalue weighted by molar-refractivity contribution is -0.138.